The van der Waals surface area contributed by atoms with Gasteiger partial charge in [-0.3, -0.25) is 14.4 Å². The average Bonchev–Trinajstić information content (AvgIpc) is 3.08. The van der Waals surface area contributed by atoms with Gasteiger partial charge in [0, 0.05) is 43.0 Å². The highest BCUT2D eigenvalue weighted by atomic mass is 16.2. The molecule has 3 rings (SSSR count). The van der Waals surface area contributed by atoms with E-state index in [4.69, 9.17) is 0 Å². The number of benzene rings is 2. The maximum atomic E-state index is 12.2. The Morgan fingerprint density at radius 2 is 1.82 bits per heavy atom. The summed E-state index contributed by atoms with van der Waals surface area (Å²) >= 11 is 0. The fraction of sp³-hybridized carbons (Fsp3) is 0.227. The smallest absolute Gasteiger partial charge is 0.248 e. The van der Waals surface area contributed by atoms with E-state index in [0.29, 0.717) is 12.1 Å². The van der Waals surface area contributed by atoms with Crippen LogP contribution in [-0.2, 0) is 14.4 Å². The maximum absolute atomic E-state index is 12.2. The monoisotopic (exact) mass is 377 g/mol. The summed E-state index contributed by atoms with van der Waals surface area (Å²) in [6, 6.07) is 12.9. The van der Waals surface area contributed by atoms with Crippen LogP contribution in [0.4, 0.5) is 17.1 Å². The van der Waals surface area contributed by atoms with E-state index in [1.165, 1.54) is 13.0 Å². The van der Waals surface area contributed by atoms with Crippen LogP contribution in [0.2, 0.25) is 0 Å². The first kappa shape index (κ1) is 19.4. The molecule has 6 heteroatoms. The third-order valence-electron chi connectivity index (χ3n) is 4.51. The van der Waals surface area contributed by atoms with E-state index in [9.17, 15) is 14.4 Å². The van der Waals surface area contributed by atoms with Gasteiger partial charge in [0.2, 0.25) is 17.7 Å². The van der Waals surface area contributed by atoms with Gasteiger partial charge in [-0.1, -0.05) is 12.1 Å². The SMILES string of the molecule is CC(=O)Nc1ccc(NC(=O)/C=C/c2ccc(N3CCCC3=O)cc2)cc1C. The normalized spacial score (nSPS) is 13.8. The zero-order chi connectivity index (χ0) is 20.1. The summed E-state index contributed by atoms with van der Waals surface area (Å²) in [7, 11) is 0. The molecule has 2 aromatic carbocycles. The molecule has 0 bridgehead atoms. The van der Waals surface area contributed by atoms with E-state index in [1.54, 1.807) is 29.2 Å². The molecular weight excluding hydrogens is 354 g/mol. The molecule has 1 aliphatic rings. The van der Waals surface area contributed by atoms with E-state index in [2.05, 4.69) is 10.6 Å². The summed E-state index contributed by atoms with van der Waals surface area (Å²) < 4.78 is 0. The van der Waals surface area contributed by atoms with E-state index in [1.807, 2.05) is 31.2 Å². The molecule has 0 spiro atoms. The summed E-state index contributed by atoms with van der Waals surface area (Å²) in [5.74, 6) is -0.226. The number of carbonyl (C=O) groups excluding carboxylic acids is 3. The van der Waals surface area contributed by atoms with E-state index >= 15 is 0 Å². The van der Waals surface area contributed by atoms with Gasteiger partial charge < -0.3 is 15.5 Å². The summed E-state index contributed by atoms with van der Waals surface area (Å²) in [5, 5.41) is 5.54. The highest BCUT2D eigenvalue weighted by Crippen LogP contribution is 2.22. The van der Waals surface area contributed by atoms with Crippen LogP contribution in [-0.4, -0.2) is 24.3 Å². The molecule has 2 aromatic rings. The van der Waals surface area contributed by atoms with Gasteiger partial charge in [0.15, 0.2) is 0 Å². The molecule has 0 aromatic heterocycles. The molecule has 1 saturated heterocycles. The van der Waals surface area contributed by atoms with Crippen molar-refractivity contribution < 1.29 is 14.4 Å². The second kappa shape index (κ2) is 8.52. The standard InChI is InChI=1S/C22H23N3O3/c1-15-14-18(8-11-20(15)23-16(2)26)24-21(27)12-7-17-5-9-19(10-6-17)25-13-3-4-22(25)28/h5-12,14H,3-4,13H2,1-2H3,(H,23,26)(H,24,27)/b12-7+. The van der Waals surface area contributed by atoms with Gasteiger partial charge in [0.05, 0.1) is 0 Å². The number of carbonyl (C=O) groups is 3. The van der Waals surface area contributed by atoms with Crippen LogP contribution in [0, 0.1) is 6.92 Å². The van der Waals surface area contributed by atoms with Crippen LogP contribution in [0.25, 0.3) is 6.08 Å². The molecule has 0 unspecified atom stereocenters. The summed E-state index contributed by atoms with van der Waals surface area (Å²) in [6.07, 6.45) is 4.69. The molecule has 1 aliphatic heterocycles. The number of hydrogen-bond donors (Lipinski definition) is 2. The fourth-order valence-electron chi connectivity index (χ4n) is 3.11. The lowest BCUT2D eigenvalue weighted by atomic mass is 10.1. The molecule has 1 fully saturated rings. The highest BCUT2D eigenvalue weighted by Gasteiger charge is 2.21. The number of nitrogens with zero attached hydrogens (tertiary/aromatic N) is 1. The molecule has 0 radical (unpaired) electrons. The molecule has 144 valence electrons. The van der Waals surface area contributed by atoms with Crippen LogP contribution in [0.1, 0.15) is 30.9 Å². The summed E-state index contributed by atoms with van der Waals surface area (Å²) in [4.78, 5) is 36.9. The lowest BCUT2D eigenvalue weighted by Crippen LogP contribution is -2.23. The van der Waals surface area contributed by atoms with Crippen molar-refractivity contribution in [1.82, 2.24) is 0 Å². The minimum absolute atomic E-state index is 0.136. The Kier molecular flexibility index (Phi) is 5.89. The zero-order valence-corrected chi connectivity index (χ0v) is 16.0. The first-order valence-electron chi connectivity index (χ1n) is 9.20. The minimum Gasteiger partial charge on any atom is -0.326 e. The van der Waals surface area contributed by atoms with Gasteiger partial charge in [0.25, 0.3) is 0 Å². The van der Waals surface area contributed by atoms with Crippen LogP contribution >= 0.6 is 0 Å². The Balaban J connectivity index is 1.60. The van der Waals surface area contributed by atoms with Gasteiger partial charge in [-0.05, 0) is 60.9 Å². The first-order chi connectivity index (χ1) is 13.4. The minimum atomic E-state index is -0.245. The van der Waals surface area contributed by atoms with Crippen molar-refractivity contribution in [3.63, 3.8) is 0 Å². The zero-order valence-electron chi connectivity index (χ0n) is 16.0. The number of anilines is 3. The van der Waals surface area contributed by atoms with Crippen LogP contribution < -0.4 is 15.5 Å². The third-order valence-corrected chi connectivity index (χ3v) is 4.51. The van der Waals surface area contributed by atoms with Crippen molar-refractivity contribution in [2.45, 2.75) is 26.7 Å². The number of hydrogen-bond acceptors (Lipinski definition) is 3. The van der Waals surface area contributed by atoms with Gasteiger partial charge in [-0.15, -0.1) is 0 Å². The van der Waals surface area contributed by atoms with Gasteiger partial charge in [0.1, 0.15) is 0 Å². The van der Waals surface area contributed by atoms with E-state index in [0.717, 1.165) is 35.5 Å². The van der Waals surface area contributed by atoms with Crippen LogP contribution in [0.5, 0.6) is 0 Å². The second-order valence-corrected chi connectivity index (χ2v) is 6.77. The van der Waals surface area contributed by atoms with Gasteiger partial charge in [-0.2, -0.15) is 0 Å². The van der Waals surface area contributed by atoms with Gasteiger partial charge in [-0.25, -0.2) is 0 Å². The molecular formula is C22H23N3O3. The van der Waals surface area contributed by atoms with E-state index in [-0.39, 0.29) is 17.7 Å². The van der Waals surface area contributed by atoms with E-state index < -0.39 is 0 Å². The Bertz CT molecular complexity index is 933. The topological polar surface area (TPSA) is 78.5 Å². The summed E-state index contributed by atoms with van der Waals surface area (Å²) in [6.45, 7) is 4.08. The Morgan fingerprint density at radius 3 is 2.43 bits per heavy atom. The fourth-order valence-corrected chi connectivity index (χ4v) is 3.11. The molecule has 0 atom stereocenters. The number of amides is 3. The van der Waals surface area contributed by atoms with Crippen molar-refractivity contribution in [3.05, 3.63) is 59.7 Å². The van der Waals surface area contributed by atoms with Crippen molar-refractivity contribution in [3.8, 4) is 0 Å². The number of nitrogens with one attached hydrogen (secondary N) is 2. The predicted octanol–water partition coefficient (Wildman–Crippen LogP) is 3.73. The summed E-state index contributed by atoms with van der Waals surface area (Å²) in [5.41, 5.74) is 4.01. The third kappa shape index (κ3) is 4.85. The largest absolute Gasteiger partial charge is 0.326 e. The Labute approximate surface area is 164 Å². The molecule has 0 saturated carbocycles. The molecule has 1 heterocycles. The Morgan fingerprint density at radius 1 is 1.07 bits per heavy atom. The van der Waals surface area contributed by atoms with Gasteiger partial charge >= 0.3 is 0 Å². The van der Waals surface area contributed by atoms with Crippen LogP contribution in [0.15, 0.2) is 48.5 Å². The Hall–Kier alpha value is -3.41. The number of aryl methyl sites for hydroxylation is 1. The van der Waals surface area contributed by atoms with Crippen molar-refractivity contribution in [2.75, 3.05) is 22.1 Å². The molecule has 3 amide bonds. The first-order valence-corrected chi connectivity index (χ1v) is 9.20. The van der Waals surface area contributed by atoms with Crippen LogP contribution in [0.3, 0.4) is 0 Å². The predicted molar refractivity (Wildman–Crippen MR) is 111 cm³/mol. The molecule has 6 nitrogen and oxygen atoms in total. The molecule has 2 N–H and O–H groups in total. The number of rotatable bonds is 5. The second-order valence-electron chi connectivity index (χ2n) is 6.77. The van der Waals surface area contributed by atoms with Crippen molar-refractivity contribution >= 4 is 40.9 Å². The lowest BCUT2D eigenvalue weighted by Gasteiger charge is -2.15. The highest BCUT2D eigenvalue weighted by molar-refractivity contribution is 6.02. The maximum Gasteiger partial charge on any atom is 0.248 e. The van der Waals surface area contributed by atoms with Crippen molar-refractivity contribution in [1.29, 1.82) is 0 Å². The quantitative estimate of drug-likeness (QED) is 0.779. The lowest BCUT2D eigenvalue weighted by molar-refractivity contribution is -0.117. The van der Waals surface area contributed by atoms with Crippen molar-refractivity contribution in [2.24, 2.45) is 0 Å². The molecule has 28 heavy (non-hydrogen) atoms. The molecule has 0 aliphatic carbocycles. The average molecular weight is 377 g/mol.